The highest BCUT2D eigenvalue weighted by atomic mass is 15.2. The number of hydrogen-bond acceptors (Lipinski definition) is 3. The van der Waals surface area contributed by atoms with E-state index in [2.05, 4.69) is 94.1 Å². The lowest BCUT2D eigenvalue weighted by molar-refractivity contribution is 0.461. The van der Waals surface area contributed by atoms with Crippen LogP contribution in [0.2, 0.25) is 0 Å². The monoisotopic (exact) mass is 403 g/mol. The summed E-state index contributed by atoms with van der Waals surface area (Å²) in [6.45, 7) is 7.83. The molecule has 0 aromatic heterocycles. The Balaban J connectivity index is 1.33. The molecule has 0 aliphatic carbocycles. The van der Waals surface area contributed by atoms with Crippen molar-refractivity contribution in [2.75, 3.05) is 42.5 Å². The summed E-state index contributed by atoms with van der Waals surface area (Å²) in [7, 11) is 0. The average Bonchev–Trinajstić information content (AvgIpc) is 3.34. The van der Waals surface area contributed by atoms with Crippen LogP contribution < -0.4 is 20.4 Å². The van der Waals surface area contributed by atoms with E-state index in [-0.39, 0.29) is 0 Å². The highest BCUT2D eigenvalue weighted by molar-refractivity contribution is 5.80. The van der Waals surface area contributed by atoms with E-state index in [0.29, 0.717) is 12.6 Å². The van der Waals surface area contributed by atoms with Crippen LogP contribution in [0.25, 0.3) is 0 Å². The number of nitrogens with one attached hydrogen (secondary N) is 2. The van der Waals surface area contributed by atoms with E-state index in [9.17, 15) is 0 Å². The van der Waals surface area contributed by atoms with Gasteiger partial charge in [0, 0.05) is 50.1 Å². The Morgan fingerprint density at radius 2 is 1.67 bits per heavy atom. The molecule has 2 aliphatic heterocycles. The number of nitrogens with zero attached hydrogens (tertiary/aromatic N) is 3. The van der Waals surface area contributed by atoms with Crippen molar-refractivity contribution in [2.24, 2.45) is 4.99 Å². The van der Waals surface area contributed by atoms with Crippen molar-refractivity contribution in [2.45, 2.75) is 32.4 Å². The molecule has 2 N–H and O–H groups in total. The zero-order chi connectivity index (χ0) is 20.6. The summed E-state index contributed by atoms with van der Waals surface area (Å²) < 4.78 is 0. The summed E-state index contributed by atoms with van der Waals surface area (Å²) in [5.74, 6) is 0.920. The van der Waals surface area contributed by atoms with Crippen LogP contribution in [0.3, 0.4) is 0 Å². The van der Waals surface area contributed by atoms with E-state index in [1.807, 2.05) is 0 Å². The molecule has 1 saturated heterocycles. The topological polar surface area (TPSA) is 42.9 Å². The Kier molecular flexibility index (Phi) is 6.91. The van der Waals surface area contributed by atoms with Gasteiger partial charge < -0.3 is 20.4 Å². The fourth-order valence-corrected chi connectivity index (χ4v) is 4.14. The van der Waals surface area contributed by atoms with Crippen LogP contribution in [-0.2, 0) is 6.54 Å². The van der Waals surface area contributed by atoms with E-state index in [1.54, 1.807) is 0 Å². The molecule has 0 unspecified atom stereocenters. The number of aliphatic imine (C=N–C) groups is 1. The number of hydrogen-bond donors (Lipinski definition) is 2. The fraction of sp³-hybridized carbons (Fsp3) is 0.400. The third-order valence-electron chi connectivity index (χ3n) is 5.82. The minimum Gasteiger partial charge on any atom is -0.371 e. The molecule has 0 atom stereocenters. The van der Waals surface area contributed by atoms with Gasteiger partial charge in [-0.3, -0.25) is 0 Å². The van der Waals surface area contributed by atoms with Gasteiger partial charge in [0.1, 0.15) is 0 Å². The Morgan fingerprint density at radius 3 is 2.40 bits per heavy atom. The molecular weight excluding hydrogens is 370 g/mol. The van der Waals surface area contributed by atoms with E-state index in [1.165, 1.54) is 16.9 Å². The maximum absolute atomic E-state index is 4.87. The molecule has 0 saturated carbocycles. The minimum absolute atomic E-state index is 0.463. The molecule has 5 nitrogen and oxygen atoms in total. The van der Waals surface area contributed by atoms with Crippen LogP contribution >= 0.6 is 0 Å². The van der Waals surface area contributed by atoms with Gasteiger partial charge in [0.25, 0.3) is 0 Å². The zero-order valence-electron chi connectivity index (χ0n) is 17.9. The Bertz CT molecular complexity index is 845. The standard InChI is InChI=1S/C25H33N5/c1-2-26-25(27-20-21-9-8-12-24(19-21)29-15-6-7-16-29)28-22-13-17-30(18-14-22)23-10-4-3-5-11-23/h3-12,19,22H,2,13-18,20H2,1H3,(H2,26,27,28). The van der Waals surface area contributed by atoms with Crippen molar-refractivity contribution >= 4 is 17.3 Å². The summed E-state index contributed by atoms with van der Waals surface area (Å²) in [4.78, 5) is 9.71. The first-order valence-corrected chi connectivity index (χ1v) is 11.2. The van der Waals surface area contributed by atoms with Gasteiger partial charge in [-0.05, 0) is 49.6 Å². The van der Waals surface area contributed by atoms with Crippen LogP contribution in [0.4, 0.5) is 11.4 Å². The lowest BCUT2D eigenvalue weighted by atomic mass is 10.0. The molecule has 158 valence electrons. The minimum atomic E-state index is 0.463. The highest BCUT2D eigenvalue weighted by Gasteiger charge is 2.20. The molecule has 2 heterocycles. The molecule has 0 bridgehead atoms. The van der Waals surface area contributed by atoms with Crippen molar-refractivity contribution in [1.82, 2.24) is 10.6 Å². The van der Waals surface area contributed by atoms with Crippen LogP contribution in [0, 0.1) is 0 Å². The predicted octanol–water partition coefficient (Wildman–Crippen LogP) is 3.79. The summed E-state index contributed by atoms with van der Waals surface area (Å²) in [6, 6.07) is 19.9. The van der Waals surface area contributed by atoms with Crippen molar-refractivity contribution in [3.63, 3.8) is 0 Å². The zero-order valence-corrected chi connectivity index (χ0v) is 17.9. The smallest absolute Gasteiger partial charge is 0.191 e. The molecule has 1 fully saturated rings. The van der Waals surface area contributed by atoms with Gasteiger partial charge in [-0.15, -0.1) is 0 Å². The largest absolute Gasteiger partial charge is 0.371 e. The van der Waals surface area contributed by atoms with Crippen molar-refractivity contribution in [1.29, 1.82) is 0 Å². The SMILES string of the molecule is CCNC(=NCc1cccc(N2CC=CC2)c1)NC1CCN(c2ccccc2)CC1. The lowest BCUT2D eigenvalue weighted by Crippen LogP contribution is -2.48. The highest BCUT2D eigenvalue weighted by Crippen LogP contribution is 2.20. The maximum atomic E-state index is 4.87. The second kappa shape index (κ2) is 10.2. The normalized spacial score (nSPS) is 17.4. The van der Waals surface area contributed by atoms with Gasteiger partial charge in [0.05, 0.1) is 6.54 Å². The molecule has 0 spiro atoms. The molecule has 2 aromatic rings. The van der Waals surface area contributed by atoms with Gasteiger partial charge >= 0.3 is 0 Å². The number of benzene rings is 2. The van der Waals surface area contributed by atoms with Gasteiger partial charge in [-0.1, -0.05) is 42.5 Å². The summed E-state index contributed by atoms with van der Waals surface area (Å²) in [5.41, 5.74) is 3.85. The average molecular weight is 404 g/mol. The van der Waals surface area contributed by atoms with Crippen molar-refractivity contribution in [3.05, 3.63) is 72.3 Å². The van der Waals surface area contributed by atoms with E-state index >= 15 is 0 Å². The molecule has 4 rings (SSSR count). The van der Waals surface area contributed by atoms with Crippen molar-refractivity contribution in [3.8, 4) is 0 Å². The molecule has 30 heavy (non-hydrogen) atoms. The number of guanidine groups is 1. The van der Waals surface area contributed by atoms with Crippen molar-refractivity contribution < 1.29 is 0 Å². The molecule has 2 aromatic carbocycles. The predicted molar refractivity (Wildman–Crippen MR) is 127 cm³/mol. The first kappa shape index (κ1) is 20.3. The number of rotatable bonds is 6. The Hall–Kier alpha value is -2.95. The first-order valence-electron chi connectivity index (χ1n) is 11.2. The number of piperidine rings is 1. The lowest BCUT2D eigenvalue weighted by Gasteiger charge is -2.34. The van der Waals surface area contributed by atoms with Crippen LogP contribution in [-0.4, -0.2) is 44.7 Å². The van der Waals surface area contributed by atoms with Gasteiger partial charge in [-0.25, -0.2) is 4.99 Å². The summed E-state index contributed by atoms with van der Waals surface area (Å²) in [5, 5.41) is 7.08. The second-order valence-corrected chi connectivity index (χ2v) is 7.98. The van der Waals surface area contributed by atoms with Crippen LogP contribution in [0.15, 0.2) is 71.7 Å². The van der Waals surface area contributed by atoms with E-state index in [4.69, 9.17) is 4.99 Å². The molecule has 5 heteroatoms. The molecule has 2 aliphatic rings. The van der Waals surface area contributed by atoms with E-state index in [0.717, 1.165) is 51.5 Å². The Morgan fingerprint density at radius 1 is 0.933 bits per heavy atom. The van der Waals surface area contributed by atoms with Crippen LogP contribution in [0.5, 0.6) is 0 Å². The second-order valence-electron chi connectivity index (χ2n) is 7.98. The third-order valence-corrected chi connectivity index (χ3v) is 5.82. The van der Waals surface area contributed by atoms with Crippen LogP contribution in [0.1, 0.15) is 25.3 Å². The quantitative estimate of drug-likeness (QED) is 0.438. The summed E-state index contributed by atoms with van der Waals surface area (Å²) >= 11 is 0. The first-order chi connectivity index (χ1) is 14.8. The molecule has 0 radical (unpaired) electrons. The fourth-order valence-electron chi connectivity index (χ4n) is 4.14. The number of anilines is 2. The van der Waals surface area contributed by atoms with Gasteiger partial charge in [0.15, 0.2) is 5.96 Å². The molecular formula is C25H33N5. The van der Waals surface area contributed by atoms with Gasteiger partial charge in [-0.2, -0.15) is 0 Å². The van der Waals surface area contributed by atoms with E-state index < -0.39 is 0 Å². The summed E-state index contributed by atoms with van der Waals surface area (Å²) in [6.07, 6.45) is 6.69. The number of para-hydroxylation sites is 1. The van der Waals surface area contributed by atoms with Gasteiger partial charge in [0.2, 0.25) is 0 Å². The third kappa shape index (κ3) is 5.35. The Labute approximate surface area is 180 Å². The molecule has 0 amide bonds. The maximum Gasteiger partial charge on any atom is 0.191 e.